The van der Waals surface area contributed by atoms with Crippen molar-refractivity contribution < 1.29 is 14.6 Å². The number of ether oxygens (including phenoxy) is 1. The molecule has 4 heteroatoms. The zero-order valence-corrected chi connectivity index (χ0v) is 11.4. The standard InChI is InChI=1S/C13H25NO3/c1-5-17-11-6-10(7-11)8-12(16)14(4)13(2,3)9-15/h10-11,15H,5-9H2,1-4H3. The van der Waals surface area contributed by atoms with E-state index in [4.69, 9.17) is 4.74 Å². The van der Waals surface area contributed by atoms with E-state index in [9.17, 15) is 9.90 Å². The Hall–Kier alpha value is -0.610. The van der Waals surface area contributed by atoms with Crippen LogP contribution in [-0.4, -0.2) is 47.8 Å². The van der Waals surface area contributed by atoms with Crippen LogP contribution < -0.4 is 0 Å². The van der Waals surface area contributed by atoms with E-state index in [0.717, 1.165) is 19.4 Å². The zero-order valence-electron chi connectivity index (χ0n) is 11.4. The molecule has 1 N–H and O–H groups in total. The summed E-state index contributed by atoms with van der Waals surface area (Å²) in [4.78, 5) is 13.6. The van der Waals surface area contributed by atoms with Crippen LogP contribution in [-0.2, 0) is 9.53 Å². The lowest BCUT2D eigenvalue weighted by molar-refractivity contribution is -0.139. The molecule has 0 atom stereocenters. The molecule has 0 saturated heterocycles. The first-order valence-corrected chi connectivity index (χ1v) is 6.39. The van der Waals surface area contributed by atoms with Gasteiger partial charge in [0.15, 0.2) is 0 Å². The molecule has 0 radical (unpaired) electrons. The topological polar surface area (TPSA) is 49.8 Å². The average molecular weight is 243 g/mol. The van der Waals surface area contributed by atoms with Gasteiger partial charge in [-0.1, -0.05) is 0 Å². The van der Waals surface area contributed by atoms with Crippen LogP contribution in [0.1, 0.15) is 40.0 Å². The number of aliphatic hydroxyl groups is 1. The second kappa shape index (κ2) is 5.83. The third-order valence-electron chi connectivity index (χ3n) is 3.73. The summed E-state index contributed by atoms with van der Waals surface area (Å²) in [6, 6.07) is 0. The van der Waals surface area contributed by atoms with Crippen LogP contribution in [0.15, 0.2) is 0 Å². The summed E-state index contributed by atoms with van der Waals surface area (Å²) >= 11 is 0. The Morgan fingerprint density at radius 2 is 2.06 bits per heavy atom. The summed E-state index contributed by atoms with van der Waals surface area (Å²) in [6.45, 7) is 6.48. The molecule has 0 unspecified atom stereocenters. The minimum absolute atomic E-state index is 0.0124. The molecule has 100 valence electrons. The van der Waals surface area contributed by atoms with Gasteiger partial charge in [-0.05, 0) is 39.5 Å². The zero-order chi connectivity index (χ0) is 13.1. The van der Waals surface area contributed by atoms with E-state index in [2.05, 4.69) is 0 Å². The largest absolute Gasteiger partial charge is 0.394 e. The highest BCUT2D eigenvalue weighted by Gasteiger charge is 2.34. The number of carbonyl (C=O) groups excluding carboxylic acids is 1. The van der Waals surface area contributed by atoms with Gasteiger partial charge in [0.05, 0.1) is 18.2 Å². The molecule has 1 rings (SSSR count). The third kappa shape index (κ3) is 3.68. The number of aliphatic hydroxyl groups excluding tert-OH is 1. The number of hydrogen-bond acceptors (Lipinski definition) is 3. The second-order valence-corrected chi connectivity index (χ2v) is 5.54. The van der Waals surface area contributed by atoms with Crippen molar-refractivity contribution in [3.05, 3.63) is 0 Å². The lowest BCUT2D eigenvalue weighted by Gasteiger charge is -2.38. The smallest absolute Gasteiger partial charge is 0.223 e. The van der Waals surface area contributed by atoms with Crippen LogP contribution in [0.2, 0.25) is 0 Å². The fourth-order valence-electron chi connectivity index (χ4n) is 2.04. The van der Waals surface area contributed by atoms with Crippen LogP contribution in [0.3, 0.4) is 0 Å². The lowest BCUT2D eigenvalue weighted by Crippen LogP contribution is -2.48. The molecular weight excluding hydrogens is 218 g/mol. The van der Waals surface area contributed by atoms with Crippen molar-refractivity contribution in [2.75, 3.05) is 20.3 Å². The van der Waals surface area contributed by atoms with Gasteiger partial charge in [0.25, 0.3) is 0 Å². The van der Waals surface area contributed by atoms with E-state index < -0.39 is 5.54 Å². The van der Waals surface area contributed by atoms with Crippen LogP contribution in [0.25, 0.3) is 0 Å². The van der Waals surface area contributed by atoms with Gasteiger partial charge in [0.2, 0.25) is 5.91 Å². The number of rotatable bonds is 6. The maximum atomic E-state index is 12.0. The molecule has 1 amide bonds. The van der Waals surface area contributed by atoms with E-state index in [1.165, 1.54) is 0 Å². The summed E-state index contributed by atoms with van der Waals surface area (Å²) < 4.78 is 5.47. The van der Waals surface area contributed by atoms with Gasteiger partial charge in [0, 0.05) is 20.1 Å². The number of carbonyl (C=O) groups is 1. The summed E-state index contributed by atoms with van der Waals surface area (Å²) in [5, 5.41) is 9.22. The molecule has 4 nitrogen and oxygen atoms in total. The Labute approximate surface area is 104 Å². The van der Waals surface area contributed by atoms with Crippen molar-refractivity contribution in [2.24, 2.45) is 5.92 Å². The van der Waals surface area contributed by atoms with Crippen molar-refractivity contribution in [3.63, 3.8) is 0 Å². The van der Waals surface area contributed by atoms with Crippen molar-refractivity contribution in [1.82, 2.24) is 4.90 Å². The SMILES string of the molecule is CCOC1CC(CC(=O)N(C)C(C)(C)CO)C1. The fraction of sp³-hybridized carbons (Fsp3) is 0.923. The Kier molecular flexibility index (Phi) is 4.95. The van der Waals surface area contributed by atoms with E-state index in [-0.39, 0.29) is 12.5 Å². The molecule has 1 aliphatic carbocycles. The average Bonchev–Trinajstić information content (AvgIpc) is 2.25. The first-order chi connectivity index (χ1) is 7.90. The summed E-state index contributed by atoms with van der Waals surface area (Å²) in [6.07, 6.45) is 2.91. The molecule has 0 heterocycles. The van der Waals surface area contributed by atoms with Crippen molar-refractivity contribution in [1.29, 1.82) is 0 Å². The molecule has 0 aromatic heterocycles. The maximum absolute atomic E-state index is 12.0. The van der Waals surface area contributed by atoms with Gasteiger partial charge < -0.3 is 14.7 Å². The van der Waals surface area contributed by atoms with E-state index >= 15 is 0 Å². The summed E-state index contributed by atoms with van der Waals surface area (Å²) in [7, 11) is 1.76. The first kappa shape index (κ1) is 14.5. The molecule has 1 aliphatic rings. The van der Waals surface area contributed by atoms with Crippen LogP contribution >= 0.6 is 0 Å². The van der Waals surface area contributed by atoms with Gasteiger partial charge in [0.1, 0.15) is 0 Å². The first-order valence-electron chi connectivity index (χ1n) is 6.39. The molecule has 0 spiro atoms. The molecule has 1 saturated carbocycles. The second-order valence-electron chi connectivity index (χ2n) is 5.54. The highest BCUT2D eigenvalue weighted by molar-refractivity contribution is 5.77. The summed E-state index contributed by atoms with van der Waals surface area (Å²) in [5.41, 5.74) is -0.472. The Morgan fingerprint density at radius 1 is 1.47 bits per heavy atom. The minimum Gasteiger partial charge on any atom is -0.394 e. The third-order valence-corrected chi connectivity index (χ3v) is 3.73. The van der Waals surface area contributed by atoms with Gasteiger partial charge in [-0.25, -0.2) is 0 Å². The molecule has 17 heavy (non-hydrogen) atoms. The highest BCUT2D eigenvalue weighted by atomic mass is 16.5. The molecule has 0 aliphatic heterocycles. The number of likely N-dealkylation sites (N-methyl/N-ethyl adjacent to an activating group) is 1. The normalized spacial score (nSPS) is 24.3. The van der Waals surface area contributed by atoms with Crippen molar-refractivity contribution in [2.45, 2.75) is 51.7 Å². The highest BCUT2D eigenvalue weighted by Crippen LogP contribution is 2.33. The van der Waals surface area contributed by atoms with E-state index in [0.29, 0.717) is 18.4 Å². The molecule has 0 aromatic carbocycles. The molecule has 1 fully saturated rings. The Balaban J connectivity index is 2.31. The molecular formula is C13H25NO3. The Bertz CT molecular complexity index is 259. The maximum Gasteiger partial charge on any atom is 0.223 e. The van der Waals surface area contributed by atoms with Crippen LogP contribution in [0, 0.1) is 5.92 Å². The van der Waals surface area contributed by atoms with Gasteiger partial charge in [-0.3, -0.25) is 4.79 Å². The fourth-order valence-corrected chi connectivity index (χ4v) is 2.04. The predicted octanol–water partition coefficient (Wildman–Crippen LogP) is 1.42. The van der Waals surface area contributed by atoms with Crippen LogP contribution in [0.5, 0.6) is 0 Å². The quantitative estimate of drug-likeness (QED) is 0.767. The molecule has 0 bridgehead atoms. The monoisotopic (exact) mass is 243 g/mol. The predicted molar refractivity (Wildman–Crippen MR) is 66.7 cm³/mol. The number of nitrogens with zero attached hydrogens (tertiary/aromatic N) is 1. The Morgan fingerprint density at radius 3 is 2.53 bits per heavy atom. The van der Waals surface area contributed by atoms with E-state index in [1.807, 2.05) is 20.8 Å². The molecule has 0 aromatic rings. The van der Waals surface area contributed by atoms with Gasteiger partial charge in [-0.2, -0.15) is 0 Å². The van der Waals surface area contributed by atoms with E-state index in [1.54, 1.807) is 11.9 Å². The van der Waals surface area contributed by atoms with Crippen LogP contribution in [0.4, 0.5) is 0 Å². The van der Waals surface area contributed by atoms with Crippen molar-refractivity contribution in [3.8, 4) is 0 Å². The van der Waals surface area contributed by atoms with Crippen molar-refractivity contribution >= 4 is 5.91 Å². The number of amides is 1. The number of hydrogen-bond donors (Lipinski definition) is 1. The van der Waals surface area contributed by atoms with Gasteiger partial charge >= 0.3 is 0 Å². The van der Waals surface area contributed by atoms with Gasteiger partial charge in [-0.15, -0.1) is 0 Å². The lowest BCUT2D eigenvalue weighted by atomic mass is 9.79. The summed E-state index contributed by atoms with van der Waals surface area (Å²) in [5.74, 6) is 0.569. The minimum atomic E-state index is -0.472.